The maximum atomic E-state index is 5.43. The van der Waals surface area contributed by atoms with E-state index in [4.69, 9.17) is 8.83 Å². The second kappa shape index (κ2) is 6.20. The van der Waals surface area contributed by atoms with E-state index < -0.39 is 0 Å². The zero-order valence-electron chi connectivity index (χ0n) is 10.6. The van der Waals surface area contributed by atoms with Gasteiger partial charge in [0.25, 0.3) is 0 Å². The summed E-state index contributed by atoms with van der Waals surface area (Å²) in [4.78, 5) is 0. The maximum absolute atomic E-state index is 5.43. The zero-order valence-corrected chi connectivity index (χ0v) is 10.6. The predicted molar refractivity (Wildman–Crippen MR) is 67.2 cm³/mol. The number of aromatic nitrogens is 2. The first-order valence-corrected chi connectivity index (χ1v) is 6.06. The van der Waals surface area contributed by atoms with Crippen LogP contribution in [0.1, 0.15) is 25.5 Å². The Bertz CT molecular complexity index is 450. The van der Waals surface area contributed by atoms with Gasteiger partial charge in [-0.05, 0) is 12.1 Å². The number of nitrogens with zero attached hydrogens (tertiary/aromatic N) is 2. The molecule has 18 heavy (non-hydrogen) atoms. The van der Waals surface area contributed by atoms with Crippen molar-refractivity contribution in [3.8, 4) is 0 Å². The Morgan fingerprint density at radius 1 is 1.33 bits per heavy atom. The van der Waals surface area contributed by atoms with E-state index in [0.29, 0.717) is 31.0 Å². The van der Waals surface area contributed by atoms with Crippen LogP contribution in [-0.4, -0.2) is 22.8 Å². The van der Waals surface area contributed by atoms with Gasteiger partial charge in [0.1, 0.15) is 5.76 Å². The standard InChI is InChI=1S/C12H18N4O2/c1-9(2)14-8-11-15-16-12(18-11)13-6-5-10-4-3-7-17-10/h3-4,7,9,14H,5-6,8H2,1-2H3,(H,13,16). The van der Waals surface area contributed by atoms with Gasteiger partial charge in [0.15, 0.2) is 0 Å². The van der Waals surface area contributed by atoms with Crippen LogP contribution in [-0.2, 0) is 13.0 Å². The second-order valence-corrected chi connectivity index (χ2v) is 4.29. The van der Waals surface area contributed by atoms with Gasteiger partial charge in [-0.3, -0.25) is 0 Å². The molecule has 0 saturated carbocycles. The molecule has 2 aromatic rings. The second-order valence-electron chi connectivity index (χ2n) is 4.29. The molecule has 0 unspecified atom stereocenters. The molecule has 2 N–H and O–H groups in total. The van der Waals surface area contributed by atoms with Gasteiger partial charge in [-0.2, -0.15) is 0 Å². The van der Waals surface area contributed by atoms with Crippen LogP contribution in [0, 0.1) is 0 Å². The molecule has 0 fully saturated rings. The third-order valence-corrected chi connectivity index (χ3v) is 2.36. The summed E-state index contributed by atoms with van der Waals surface area (Å²) in [5.41, 5.74) is 0. The van der Waals surface area contributed by atoms with Crippen LogP contribution in [0.4, 0.5) is 6.01 Å². The highest BCUT2D eigenvalue weighted by atomic mass is 16.4. The normalized spacial score (nSPS) is 11.1. The molecular formula is C12H18N4O2. The summed E-state index contributed by atoms with van der Waals surface area (Å²) in [6, 6.07) is 4.65. The Kier molecular flexibility index (Phi) is 4.35. The molecular weight excluding hydrogens is 232 g/mol. The molecule has 0 aliphatic rings. The van der Waals surface area contributed by atoms with Crippen molar-refractivity contribution in [2.75, 3.05) is 11.9 Å². The van der Waals surface area contributed by atoms with Crippen molar-refractivity contribution >= 4 is 6.01 Å². The lowest BCUT2D eigenvalue weighted by Crippen LogP contribution is -2.21. The largest absolute Gasteiger partial charge is 0.469 e. The summed E-state index contributed by atoms with van der Waals surface area (Å²) in [6.07, 6.45) is 2.45. The van der Waals surface area contributed by atoms with Crippen molar-refractivity contribution in [2.45, 2.75) is 32.9 Å². The molecule has 0 aromatic carbocycles. The van der Waals surface area contributed by atoms with Gasteiger partial charge in [-0.15, -0.1) is 5.10 Å². The predicted octanol–water partition coefficient (Wildman–Crippen LogP) is 1.82. The highest BCUT2D eigenvalue weighted by Crippen LogP contribution is 2.06. The summed E-state index contributed by atoms with van der Waals surface area (Å²) in [7, 11) is 0. The number of anilines is 1. The van der Waals surface area contributed by atoms with Crippen LogP contribution in [0.5, 0.6) is 0 Å². The summed E-state index contributed by atoms with van der Waals surface area (Å²) in [5, 5.41) is 14.1. The summed E-state index contributed by atoms with van der Waals surface area (Å²) >= 11 is 0. The van der Waals surface area contributed by atoms with E-state index in [1.807, 2.05) is 12.1 Å². The van der Waals surface area contributed by atoms with Gasteiger partial charge >= 0.3 is 6.01 Å². The molecule has 0 atom stereocenters. The first kappa shape index (κ1) is 12.6. The van der Waals surface area contributed by atoms with Crippen LogP contribution >= 0.6 is 0 Å². The number of hydrogen-bond acceptors (Lipinski definition) is 6. The van der Waals surface area contributed by atoms with Crippen LogP contribution in [0.15, 0.2) is 27.2 Å². The molecule has 0 aliphatic heterocycles. The third kappa shape index (κ3) is 3.89. The molecule has 6 heteroatoms. The highest BCUT2D eigenvalue weighted by molar-refractivity contribution is 5.17. The average Bonchev–Trinajstić information content (AvgIpc) is 2.97. The van der Waals surface area contributed by atoms with Crippen LogP contribution in [0.3, 0.4) is 0 Å². The first-order valence-electron chi connectivity index (χ1n) is 6.06. The van der Waals surface area contributed by atoms with Gasteiger partial charge < -0.3 is 19.5 Å². The monoisotopic (exact) mass is 250 g/mol. The molecule has 2 aromatic heterocycles. The highest BCUT2D eigenvalue weighted by Gasteiger charge is 2.05. The fraction of sp³-hybridized carbons (Fsp3) is 0.500. The Hall–Kier alpha value is -1.82. The molecule has 98 valence electrons. The third-order valence-electron chi connectivity index (χ3n) is 2.36. The molecule has 0 amide bonds. The SMILES string of the molecule is CC(C)NCc1nnc(NCCc2ccco2)o1. The molecule has 6 nitrogen and oxygen atoms in total. The lowest BCUT2D eigenvalue weighted by molar-refractivity contribution is 0.457. The van der Waals surface area contributed by atoms with E-state index in [2.05, 4.69) is 34.7 Å². The lowest BCUT2D eigenvalue weighted by atomic mass is 10.3. The fourth-order valence-corrected chi connectivity index (χ4v) is 1.44. The Morgan fingerprint density at radius 3 is 2.94 bits per heavy atom. The molecule has 0 radical (unpaired) electrons. The van der Waals surface area contributed by atoms with E-state index in [0.717, 1.165) is 12.2 Å². The van der Waals surface area contributed by atoms with Crippen molar-refractivity contribution in [3.63, 3.8) is 0 Å². The molecule has 2 rings (SSSR count). The van der Waals surface area contributed by atoms with Gasteiger partial charge in [0.2, 0.25) is 5.89 Å². The van der Waals surface area contributed by atoms with Crippen LogP contribution in [0.2, 0.25) is 0 Å². The first-order chi connectivity index (χ1) is 8.74. The lowest BCUT2D eigenvalue weighted by Gasteiger charge is -2.03. The van der Waals surface area contributed by atoms with Crippen molar-refractivity contribution in [1.82, 2.24) is 15.5 Å². The number of rotatable bonds is 7. The number of nitrogens with one attached hydrogen (secondary N) is 2. The Balaban J connectivity index is 1.73. The van der Waals surface area contributed by atoms with Crippen LogP contribution < -0.4 is 10.6 Å². The smallest absolute Gasteiger partial charge is 0.315 e. The topological polar surface area (TPSA) is 76.1 Å². The quantitative estimate of drug-likeness (QED) is 0.780. The molecule has 0 bridgehead atoms. The summed E-state index contributed by atoms with van der Waals surface area (Å²) in [6.45, 7) is 5.43. The van der Waals surface area contributed by atoms with Crippen molar-refractivity contribution < 1.29 is 8.83 Å². The number of hydrogen-bond donors (Lipinski definition) is 2. The molecule has 0 spiro atoms. The Labute approximate surface area is 106 Å². The molecule has 2 heterocycles. The van der Waals surface area contributed by atoms with E-state index in [9.17, 15) is 0 Å². The van der Waals surface area contributed by atoms with Gasteiger partial charge in [-0.1, -0.05) is 18.9 Å². The summed E-state index contributed by atoms with van der Waals surface area (Å²) < 4.78 is 10.7. The minimum Gasteiger partial charge on any atom is -0.469 e. The van der Waals surface area contributed by atoms with Gasteiger partial charge in [0.05, 0.1) is 12.8 Å². The van der Waals surface area contributed by atoms with Gasteiger partial charge in [0, 0.05) is 19.0 Å². The molecule has 0 saturated heterocycles. The van der Waals surface area contributed by atoms with Crippen LogP contribution in [0.25, 0.3) is 0 Å². The summed E-state index contributed by atoms with van der Waals surface area (Å²) in [5.74, 6) is 1.52. The number of furan rings is 1. The fourth-order valence-electron chi connectivity index (χ4n) is 1.44. The maximum Gasteiger partial charge on any atom is 0.315 e. The van der Waals surface area contributed by atoms with Crippen molar-refractivity contribution in [3.05, 3.63) is 30.0 Å². The molecule has 0 aliphatic carbocycles. The minimum absolute atomic E-state index is 0.396. The van der Waals surface area contributed by atoms with Crippen molar-refractivity contribution in [1.29, 1.82) is 0 Å². The zero-order chi connectivity index (χ0) is 12.8. The van der Waals surface area contributed by atoms with Crippen molar-refractivity contribution in [2.24, 2.45) is 0 Å². The van der Waals surface area contributed by atoms with Gasteiger partial charge in [-0.25, -0.2) is 0 Å². The van der Waals surface area contributed by atoms with E-state index >= 15 is 0 Å². The van der Waals surface area contributed by atoms with E-state index in [1.54, 1.807) is 6.26 Å². The van der Waals surface area contributed by atoms with E-state index in [1.165, 1.54) is 0 Å². The van der Waals surface area contributed by atoms with E-state index in [-0.39, 0.29) is 0 Å². The minimum atomic E-state index is 0.396. The Morgan fingerprint density at radius 2 is 2.22 bits per heavy atom. The average molecular weight is 250 g/mol.